The Kier molecular flexibility index (Phi) is 5.96. The summed E-state index contributed by atoms with van der Waals surface area (Å²) >= 11 is 0. The van der Waals surface area contributed by atoms with Gasteiger partial charge in [0.2, 0.25) is 5.95 Å². The minimum absolute atomic E-state index is 0.110. The number of benzene rings is 1. The third kappa shape index (κ3) is 4.26. The van der Waals surface area contributed by atoms with Gasteiger partial charge in [-0.1, -0.05) is 12.1 Å². The molecule has 1 aromatic heterocycles. The molecular weight excluding hydrogens is 337 g/mol. The van der Waals surface area contributed by atoms with Crippen LogP contribution < -0.4 is 10.2 Å². The number of anilines is 2. The molecule has 1 aliphatic heterocycles. The monoisotopic (exact) mass is 359 g/mol. The summed E-state index contributed by atoms with van der Waals surface area (Å²) in [5.41, 5.74) is 1.02. The van der Waals surface area contributed by atoms with Gasteiger partial charge in [-0.25, -0.2) is 14.4 Å². The summed E-state index contributed by atoms with van der Waals surface area (Å²) < 4.78 is 18.8. The molecule has 0 unspecified atom stereocenters. The van der Waals surface area contributed by atoms with Gasteiger partial charge >= 0.3 is 0 Å². The standard InChI is InChI=1S/C18H22FN5O2/c1-26-11-6-20-18-21-12-14(13-22-18)17(25)24-9-7-23(8-10-24)16-5-3-2-4-15(16)19/h2-5,12-13H,6-11H2,1H3,(H,20,21,22). The maximum atomic E-state index is 13.9. The molecule has 1 aliphatic rings. The quantitative estimate of drug-likeness (QED) is 0.791. The number of carbonyl (C=O) groups is 1. The van der Waals surface area contributed by atoms with Crippen molar-refractivity contribution in [2.45, 2.75) is 0 Å². The first-order valence-electron chi connectivity index (χ1n) is 8.52. The van der Waals surface area contributed by atoms with E-state index in [1.54, 1.807) is 24.1 Å². The van der Waals surface area contributed by atoms with Gasteiger partial charge < -0.3 is 19.9 Å². The number of nitrogens with one attached hydrogen (secondary N) is 1. The number of para-hydroxylation sites is 1. The first kappa shape index (κ1) is 18.1. The minimum Gasteiger partial charge on any atom is -0.383 e. The molecule has 0 aliphatic carbocycles. The average Bonchev–Trinajstić information content (AvgIpc) is 2.69. The van der Waals surface area contributed by atoms with Crippen LogP contribution in [0, 0.1) is 5.82 Å². The maximum absolute atomic E-state index is 13.9. The van der Waals surface area contributed by atoms with Gasteiger partial charge in [-0.05, 0) is 12.1 Å². The second-order valence-corrected chi connectivity index (χ2v) is 5.95. The highest BCUT2D eigenvalue weighted by Crippen LogP contribution is 2.20. The summed E-state index contributed by atoms with van der Waals surface area (Å²) in [7, 11) is 1.62. The molecule has 1 amide bonds. The van der Waals surface area contributed by atoms with Crippen LogP contribution in [0.15, 0.2) is 36.7 Å². The molecule has 0 spiro atoms. The van der Waals surface area contributed by atoms with Gasteiger partial charge in [-0.2, -0.15) is 0 Å². The van der Waals surface area contributed by atoms with Gasteiger partial charge in [-0.3, -0.25) is 4.79 Å². The molecule has 1 saturated heterocycles. The fraction of sp³-hybridized carbons (Fsp3) is 0.389. The van der Waals surface area contributed by atoms with Crippen LogP contribution in [0.4, 0.5) is 16.0 Å². The first-order chi connectivity index (χ1) is 12.7. The molecule has 0 radical (unpaired) electrons. The Balaban J connectivity index is 1.56. The van der Waals surface area contributed by atoms with Gasteiger partial charge in [0.1, 0.15) is 5.82 Å². The largest absolute Gasteiger partial charge is 0.383 e. The Morgan fingerprint density at radius 3 is 2.54 bits per heavy atom. The van der Waals surface area contributed by atoms with E-state index in [0.717, 1.165) is 0 Å². The fourth-order valence-electron chi connectivity index (χ4n) is 2.84. The van der Waals surface area contributed by atoms with Crippen molar-refractivity contribution >= 4 is 17.5 Å². The predicted molar refractivity (Wildman–Crippen MR) is 96.9 cm³/mol. The van der Waals surface area contributed by atoms with E-state index in [4.69, 9.17) is 4.74 Å². The minimum atomic E-state index is -0.239. The molecule has 1 aromatic carbocycles. The van der Waals surface area contributed by atoms with Crippen LogP contribution in [-0.2, 0) is 4.74 Å². The lowest BCUT2D eigenvalue weighted by atomic mass is 10.2. The molecule has 138 valence electrons. The third-order valence-corrected chi connectivity index (χ3v) is 4.25. The van der Waals surface area contributed by atoms with E-state index in [9.17, 15) is 9.18 Å². The highest BCUT2D eigenvalue weighted by atomic mass is 19.1. The molecule has 0 atom stereocenters. The molecule has 2 aromatic rings. The van der Waals surface area contributed by atoms with E-state index in [-0.39, 0.29) is 11.7 Å². The number of hydrogen-bond acceptors (Lipinski definition) is 6. The summed E-state index contributed by atoms with van der Waals surface area (Å²) in [6, 6.07) is 6.70. The molecule has 7 nitrogen and oxygen atoms in total. The zero-order valence-electron chi connectivity index (χ0n) is 14.7. The van der Waals surface area contributed by atoms with E-state index in [0.29, 0.717) is 56.5 Å². The number of amides is 1. The zero-order chi connectivity index (χ0) is 18.4. The number of piperazine rings is 1. The Labute approximate surface area is 151 Å². The molecule has 1 N–H and O–H groups in total. The van der Waals surface area contributed by atoms with Crippen molar-refractivity contribution in [2.24, 2.45) is 0 Å². The van der Waals surface area contributed by atoms with Crippen molar-refractivity contribution in [3.8, 4) is 0 Å². The number of ether oxygens (including phenoxy) is 1. The Morgan fingerprint density at radius 2 is 1.88 bits per heavy atom. The number of aromatic nitrogens is 2. The van der Waals surface area contributed by atoms with Crippen LogP contribution in [0.3, 0.4) is 0 Å². The average molecular weight is 359 g/mol. The molecule has 1 fully saturated rings. The van der Waals surface area contributed by atoms with Gasteiger partial charge in [0.25, 0.3) is 5.91 Å². The topological polar surface area (TPSA) is 70.6 Å². The van der Waals surface area contributed by atoms with Crippen molar-refractivity contribution in [3.05, 3.63) is 48.0 Å². The van der Waals surface area contributed by atoms with Gasteiger partial charge in [-0.15, -0.1) is 0 Å². The number of nitrogens with zero attached hydrogens (tertiary/aromatic N) is 4. The normalized spacial score (nSPS) is 14.4. The van der Waals surface area contributed by atoms with Crippen LogP contribution in [0.5, 0.6) is 0 Å². The van der Waals surface area contributed by atoms with Crippen molar-refractivity contribution in [1.82, 2.24) is 14.9 Å². The summed E-state index contributed by atoms with van der Waals surface area (Å²) in [5, 5.41) is 3.01. The van der Waals surface area contributed by atoms with Crippen LogP contribution in [0.2, 0.25) is 0 Å². The van der Waals surface area contributed by atoms with Crippen molar-refractivity contribution in [3.63, 3.8) is 0 Å². The highest BCUT2D eigenvalue weighted by molar-refractivity contribution is 5.93. The third-order valence-electron chi connectivity index (χ3n) is 4.25. The molecule has 0 bridgehead atoms. The van der Waals surface area contributed by atoms with Crippen LogP contribution in [0.25, 0.3) is 0 Å². The van der Waals surface area contributed by atoms with Crippen molar-refractivity contribution < 1.29 is 13.9 Å². The lowest BCUT2D eigenvalue weighted by Gasteiger charge is -2.36. The van der Waals surface area contributed by atoms with Crippen molar-refractivity contribution in [1.29, 1.82) is 0 Å². The van der Waals surface area contributed by atoms with Crippen LogP contribution in [0.1, 0.15) is 10.4 Å². The number of halogens is 1. The second-order valence-electron chi connectivity index (χ2n) is 5.95. The van der Waals surface area contributed by atoms with E-state index < -0.39 is 0 Å². The fourth-order valence-corrected chi connectivity index (χ4v) is 2.84. The van der Waals surface area contributed by atoms with Crippen molar-refractivity contribution in [2.75, 3.05) is 56.7 Å². The highest BCUT2D eigenvalue weighted by Gasteiger charge is 2.23. The van der Waals surface area contributed by atoms with Gasteiger partial charge in [0.15, 0.2) is 0 Å². The van der Waals surface area contributed by atoms with E-state index >= 15 is 0 Å². The Morgan fingerprint density at radius 1 is 1.19 bits per heavy atom. The summed E-state index contributed by atoms with van der Waals surface area (Å²) in [6.45, 7) is 3.38. The number of hydrogen-bond donors (Lipinski definition) is 1. The smallest absolute Gasteiger partial charge is 0.257 e. The Hall–Kier alpha value is -2.74. The molecular formula is C18H22FN5O2. The molecule has 3 rings (SSSR count). The predicted octanol–water partition coefficient (Wildman–Crippen LogP) is 1.64. The summed E-state index contributed by atoms with van der Waals surface area (Å²) in [4.78, 5) is 24.6. The molecule has 2 heterocycles. The molecule has 26 heavy (non-hydrogen) atoms. The van der Waals surface area contributed by atoms with Crippen LogP contribution >= 0.6 is 0 Å². The second kappa shape index (κ2) is 8.57. The van der Waals surface area contributed by atoms with Gasteiger partial charge in [0, 0.05) is 52.2 Å². The van der Waals surface area contributed by atoms with E-state index in [1.807, 2.05) is 11.0 Å². The van der Waals surface area contributed by atoms with Gasteiger partial charge in [0.05, 0.1) is 17.9 Å². The summed E-state index contributed by atoms with van der Waals surface area (Å²) in [5.74, 6) is 0.113. The first-order valence-corrected chi connectivity index (χ1v) is 8.52. The lowest BCUT2D eigenvalue weighted by Crippen LogP contribution is -2.49. The number of methoxy groups -OCH3 is 1. The Bertz CT molecular complexity index is 733. The number of rotatable bonds is 6. The molecule has 8 heteroatoms. The summed E-state index contributed by atoms with van der Waals surface area (Å²) in [6.07, 6.45) is 3.04. The van der Waals surface area contributed by atoms with E-state index in [1.165, 1.54) is 18.5 Å². The zero-order valence-corrected chi connectivity index (χ0v) is 14.7. The van der Waals surface area contributed by atoms with E-state index in [2.05, 4.69) is 15.3 Å². The maximum Gasteiger partial charge on any atom is 0.257 e. The lowest BCUT2D eigenvalue weighted by molar-refractivity contribution is 0.0746. The molecule has 0 saturated carbocycles. The number of carbonyl (C=O) groups excluding carboxylic acids is 1. The SMILES string of the molecule is COCCNc1ncc(C(=O)N2CCN(c3ccccc3F)CC2)cn1. The van der Waals surface area contributed by atoms with Crippen LogP contribution in [-0.4, -0.2) is 67.2 Å².